The van der Waals surface area contributed by atoms with Crippen LogP contribution in [0, 0.1) is 11.8 Å². The maximum Gasteiger partial charge on any atom is 0.310 e. The highest BCUT2D eigenvalue weighted by Crippen LogP contribution is 2.29. The summed E-state index contributed by atoms with van der Waals surface area (Å²) in [6, 6.07) is 5.50. The Balaban J connectivity index is 2.13. The van der Waals surface area contributed by atoms with Crippen molar-refractivity contribution in [2.45, 2.75) is 12.8 Å². The summed E-state index contributed by atoms with van der Waals surface area (Å²) in [6.07, 6.45) is 1.72. The summed E-state index contributed by atoms with van der Waals surface area (Å²) in [5.41, 5.74) is 1.03. The average molecular weight is 302 g/mol. The van der Waals surface area contributed by atoms with E-state index in [2.05, 4.69) is 5.32 Å². The Bertz CT molecular complexity index is 465. The first kappa shape index (κ1) is 14.6. The van der Waals surface area contributed by atoms with Gasteiger partial charge in [0.1, 0.15) is 0 Å². The number of carbonyl (C=O) groups is 1. The Labute approximate surface area is 123 Å². The van der Waals surface area contributed by atoms with Gasteiger partial charge < -0.3 is 10.1 Å². The van der Waals surface area contributed by atoms with Gasteiger partial charge in [-0.3, -0.25) is 4.79 Å². The minimum absolute atomic E-state index is 0.106. The lowest BCUT2D eigenvalue weighted by atomic mass is 9.82. The molecule has 1 aromatic rings. The number of methoxy groups -OCH3 is 1. The van der Waals surface area contributed by atoms with Crippen LogP contribution in [-0.2, 0) is 16.0 Å². The third-order valence-corrected chi connectivity index (χ3v) is 4.21. The Morgan fingerprint density at radius 1 is 1.47 bits per heavy atom. The number of ether oxygens (including phenoxy) is 1. The molecule has 0 bridgehead atoms. The molecular weight excluding hydrogens is 285 g/mol. The monoisotopic (exact) mass is 301 g/mol. The molecule has 0 aromatic heterocycles. The molecule has 2 rings (SSSR count). The zero-order valence-electron chi connectivity index (χ0n) is 10.8. The number of hydrogen-bond donors (Lipinski definition) is 1. The summed E-state index contributed by atoms with van der Waals surface area (Å²) in [5.74, 6) is 0.000145. The van der Waals surface area contributed by atoms with Crippen LogP contribution in [0.4, 0.5) is 0 Å². The van der Waals surface area contributed by atoms with Gasteiger partial charge in [0.25, 0.3) is 0 Å². The minimum atomic E-state index is -0.151. The van der Waals surface area contributed by atoms with Crippen molar-refractivity contribution in [1.82, 2.24) is 5.32 Å². The summed E-state index contributed by atoms with van der Waals surface area (Å²) in [5, 5.41) is 4.52. The van der Waals surface area contributed by atoms with Crippen LogP contribution >= 0.6 is 23.2 Å². The van der Waals surface area contributed by atoms with Crippen LogP contribution in [0.25, 0.3) is 0 Å². The van der Waals surface area contributed by atoms with E-state index >= 15 is 0 Å². The number of rotatable bonds is 3. The summed E-state index contributed by atoms with van der Waals surface area (Å²) in [7, 11) is 1.43. The van der Waals surface area contributed by atoms with Crippen molar-refractivity contribution in [3.8, 4) is 0 Å². The van der Waals surface area contributed by atoms with E-state index in [0.29, 0.717) is 16.6 Å². The molecule has 1 N–H and O–H groups in total. The summed E-state index contributed by atoms with van der Waals surface area (Å²) >= 11 is 12.1. The number of nitrogens with one attached hydrogen (secondary N) is 1. The highest BCUT2D eigenvalue weighted by atomic mass is 35.5. The van der Waals surface area contributed by atoms with Gasteiger partial charge in [0.15, 0.2) is 0 Å². The van der Waals surface area contributed by atoms with Crippen LogP contribution in [0.3, 0.4) is 0 Å². The third kappa shape index (κ3) is 3.62. The fourth-order valence-electron chi connectivity index (χ4n) is 2.55. The van der Waals surface area contributed by atoms with Gasteiger partial charge in [0.05, 0.1) is 13.0 Å². The van der Waals surface area contributed by atoms with E-state index in [1.807, 2.05) is 12.1 Å². The lowest BCUT2D eigenvalue weighted by Gasteiger charge is -2.30. The molecule has 0 spiro atoms. The first-order valence-corrected chi connectivity index (χ1v) is 7.10. The summed E-state index contributed by atoms with van der Waals surface area (Å²) < 4.78 is 4.87. The summed E-state index contributed by atoms with van der Waals surface area (Å²) in [6.45, 7) is 1.59. The van der Waals surface area contributed by atoms with E-state index in [1.54, 1.807) is 6.07 Å². The average Bonchev–Trinajstić information content (AvgIpc) is 2.41. The molecule has 104 valence electrons. The van der Waals surface area contributed by atoms with Gasteiger partial charge in [-0.1, -0.05) is 29.3 Å². The number of esters is 1. The Kier molecular flexibility index (Phi) is 5.08. The van der Waals surface area contributed by atoms with E-state index in [0.717, 1.165) is 24.9 Å². The van der Waals surface area contributed by atoms with Gasteiger partial charge in [0.2, 0.25) is 0 Å². The normalized spacial score (nSPS) is 23.1. The maximum atomic E-state index is 11.8. The van der Waals surface area contributed by atoms with Crippen LogP contribution in [0.15, 0.2) is 18.2 Å². The standard InChI is InChI=1S/C14H17Cl2NO2/c1-19-14(18)12-8-17-5-4-9(12)6-10-2-3-11(15)7-13(10)16/h2-3,7,9,12,17H,4-6,8H2,1H3/t9-,12+/m1/s1. The van der Waals surface area contributed by atoms with Crippen molar-refractivity contribution in [2.24, 2.45) is 11.8 Å². The van der Waals surface area contributed by atoms with Crippen molar-refractivity contribution >= 4 is 29.2 Å². The first-order valence-electron chi connectivity index (χ1n) is 6.34. The molecular formula is C14H17Cl2NO2. The van der Waals surface area contributed by atoms with Gasteiger partial charge in [0, 0.05) is 16.6 Å². The number of benzene rings is 1. The molecule has 5 heteroatoms. The molecule has 0 saturated carbocycles. The molecule has 0 aliphatic carbocycles. The second-order valence-corrected chi connectivity index (χ2v) is 5.67. The predicted octanol–water partition coefficient (Wildman–Crippen LogP) is 2.93. The van der Waals surface area contributed by atoms with Gasteiger partial charge in [-0.25, -0.2) is 0 Å². The first-order chi connectivity index (χ1) is 9.11. The number of carbonyl (C=O) groups excluding carboxylic acids is 1. The number of hydrogen-bond acceptors (Lipinski definition) is 3. The molecule has 3 nitrogen and oxygen atoms in total. The molecule has 1 aliphatic heterocycles. The molecule has 19 heavy (non-hydrogen) atoms. The zero-order chi connectivity index (χ0) is 13.8. The SMILES string of the molecule is COC(=O)[C@H]1CNCC[C@@H]1Cc1ccc(Cl)cc1Cl. The number of piperidine rings is 1. The highest BCUT2D eigenvalue weighted by molar-refractivity contribution is 6.35. The fourth-order valence-corrected chi connectivity index (χ4v) is 3.04. The molecule has 1 heterocycles. The third-order valence-electron chi connectivity index (χ3n) is 3.63. The van der Waals surface area contributed by atoms with Crippen LogP contribution in [0.5, 0.6) is 0 Å². The van der Waals surface area contributed by atoms with Crippen LogP contribution in [0.2, 0.25) is 10.0 Å². The summed E-state index contributed by atoms with van der Waals surface area (Å²) in [4.78, 5) is 11.8. The highest BCUT2D eigenvalue weighted by Gasteiger charge is 2.31. The molecule has 2 atom stereocenters. The quantitative estimate of drug-likeness (QED) is 0.873. The fraction of sp³-hybridized carbons (Fsp3) is 0.500. The van der Waals surface area contributed by atoms with Crippen molar-refractivity contribution in [3.05, 3.63) is 33.8 Å². The molecule has 0 unspecified atom stereocenters. The lowest BCUT2D eigenvalue weighted by molar-refractivity contribution is -0.148. The van der Waals surface area contributed by atoms with E-state index < -0.39 is 0 Å². The van der Waals surface area contributed by atoms with E-state index in [4.69, 9.17) is 27.9 Å². The number of halogens is 2. The second-order valence-electron chi connectivity index (χ2n) is 4.82. The van der Waals surface area contributed by atoms with Crippen LogP contribution < -0.4 is 5.32 Å². The molecule has 1 aromatic carbocycles. The van der Waals surface area contributed by atoms with Gasteiger partial charge in [-0.15, -0.1) is 0 Å². The minimum Gasteiger partial charge on any atom is -0.469 e. The molecule has 0 amide bonds. The molecule has 1 fully saturated rings. The van der Waals surface area contributed by atoms with Crippen LogP contribution in [0.1, 0.15) is 12.0 Å². The maximum absolute atomic E-state index is 11.8. The largest absolute Gasteiger partial charge is 0.469 e. The van der Waals surface area contributed by atoms with Gasteiger partial charge in [-0.05, 0) is 43.0 Å². The molecule has 1 saturated heterocycles. The van der Waals surface area contributed by atoms with E-state index in [9.17, 15) is 4.79 Å². The van der Waals surface area contributed by atoms with Crippen molar-refractivity contribution < 1.29 is 9.53 Å². The van der Waals surface area contributed by atoms with Crippen molar-refractivity contribution in [1.29, 1.82) is 0 Å². The smallest absolute Gasteiger partial charge is 0.310 e. The van der Waals surface area contributed by atoms with E-state index in [1.165, 1.54) is 7.11 Å². The van der Waals surface area contributed by atoms with E-state index in [-0.39, 0.29) is 17.8 Å². The topological polar surface area (TPSA) is 38.3 Å². The zero-order valence-corrected chi connectivity index (χ0v) is 12.3. The molecule has 0 radical (unpaired) electrons. The van der Waals surface area contributed by atoms with Gasteiger partial charge >= 0.3 is 5.97 Å². The Hall–Kier alpha value is -0.770. The Morgan fingerprint density at radius 2 is 2.26 bits per heavy atom. The Morgan fingerprint density at radius 3 is 2.95 bits per heavy atom. The van der Waals surface area contributed by atoms with Crippen molar-refractivity contribution in [3.63, 3.8) is 0 Å². The van der Waals surface area contributed by atoms with Crippen LogP contribution in [-0.4, -0.2) is 26.2 Å². The van der Waals surface area contributed by atoms with Gasteiger partial charge in [-0.2, -0.15) is 0 Å². The predicted molar refractivity (Wildman–Crippen MR) is 76.6 cm³/mol. The molecule has 1 aliphatic rings. The second kappa shape index (κ2) is 6.60. The lowest BCUT2D eigenvalue weighted by Crippen LogP contribution is -2.42. The van der Waals surface area contributed by atoms with Crippen molar-refractivity contribution in [2.75, 3.05) is 20.2 Å².